The third-order valence-electron chi connectivity index (χ3n) is 6.32. The molecule has 0 amide bonds. The van der Waals surface area contributed by atoms with Gasteiger partial charge >= 0.3 is 0 Å². The molecule has 0 radical (unpaired) electrons. The highest BCUT2D eigenvalue weighted by atomic mass is 16.7. The van der Waals surface area contributed by atoms with E-state index in [1.165, 1.54) is 69.8 Å². The molecule has 0 N–H and O–H groups in total. The molecule has 2 aliphatic rings. The Morgan fingerprint density at radius 1 is 0.920 bits per heavy atom. The maximum absolute atomic E-state index is 6.35. The fourth-order valence-corrected chi connectivity index (χ4v) is 4.33. The van der Waals surface area contributed by atoms with Crippen LogP contribution < -0.4 is 4.74 Å². The largest absolute Gasteiger partial charge is 0.465 e. The van der Waals surface area contributed by atoms with E-state index in [4.69, 9.17) is 9.47 Å². The van der Waals surface area contributed by atoms with Crippen molar-refractivity contribution in [3.8, 4) is 5.75 Å². The molecular formula is C23H36O2. The summed E-state index contributed by atoms with van der Waals surface area (Å²) < 4.78 is 12.7. The summed E-state index contributed by atoms with van der Waals surface area (Å²) in [6.45, 7) is 5.40. The summed E-state index contributed by atoms with van der Waals surface area (Å²) in [7, 11) is 0. The number of hydrogen-bond acceptors (Lipinski definition) is 2. The minimum absolute atomic E-state index is 0.0566. The molecule has 0 saturated heterocycles. The number of benzene rings is 1. The van der Waals surface area contributed by atoms with Gasteiger partial charge in [-0.15, -0.1) is 0 Å². The first-order valence-corrected chi connectivity index (χ1v) is 10.6. The van der Waals surface area contributed by atoms with Crippen LogP contribution in [0.1, 0.15) is 89.5 Å². The van der Waals surface area contributed by atoms with Gasteiger partial charge < -0.3 is 9.47 Å². The van der Waals surface area contributed by atoms with Crippen molar-refractivity contribution in [2.24, 2.45) is 11.8 Å². The summed E-state index contributed by atoms with van der Waals surface area (Å²) in [5.74, 6) is 2.89. The van der Waals surface area contributed by atoms with E-state index >= 15 is 0 Å². The van der Waals surface area contributed by atoms with E-state index in [1.54, 1.807) is 0 Å². The smallest absolute Gasteiger partial charge is 0.202 e. The minimum atomic E-state index is -0.0566. The lowest BCUT2D eigenvalue weighted by Crippen LogP contribution is -2.31. The van der Waals surface area contributed by atoms with Crippen LogP contribution in [0.3, 0.4) is 0 Å². The SMILES string of the molecule is CCC(C)c1ccc(OC(OCC2CCCCC2)C2CCCC2)cc1. The Labute approximate surface area is 154 Å². The van der Waals surface area contributed by atoms with Crippen LogP contribution >= 0.6 is 0 Å². The van der Waals surface area contributed by atoms with Gasteiger partial charge in [0, 0.05) is 5.92 Å². The number of ether oxygens (including phenoxy) is 2. The quantitative estimate of drug-likeness (QED) is 0.489. The van der Waals surface area contributed by atoms with E-state index in [-0.39, 0.29) is 6.29 Å². The normalized spacial score (nSPS) is 22.0. The molecule has 1 aromatic carbocycles. The predicted octanol–water partition coefficient (Wildman–Crippen LogP) is 6.69. The molecule has 140 valence electrons. The lowest BCUT2D eigenvalue weighted by molar-refractivity contribution is -0.126. The molecule has 2 nitrogen and oxygen atoms in total. The van der Waals surface area contributed by atoms with E-state index < -0.39 is 0 Å². The second-order valence-electron chi connectivity index (χ2n) is 8.25. The topological polar surface area (TPSA) is 18.5 Å². The van der Waals surface area contributed by atoms with Gasteiger partial charge in [0.1, 0.15) is 5.75 Å². The van der Waals surface area contributed by atoms with Crippen molar-refractivity contribution in [1.29, 1.82) is 0 Å². The van der Waals surface area contributed by atoms with Gasteiger partial charge in [0.15, 0.2) is 0 Å². The summed E-state index contributed by atoms with van der Waals surface area (Å²) in [5, 5.41) is 0. The van der Waals surface area contributed by atoms with Crippen LogP contribution in [0.15, 0.2) is 24.3 Å². The highest BCUT2D eigenvalue weighted by Gasteiger charge is 2.28. The van der Waals surface area contributed by atoms with Gasteiger partial charge in [-0.3, -0.25) is 0 Å². The zero-order valence-corrected chi connectivity index (χ0v) is 16.2. The predicted molar refractivity (Wildman–Crippen MR) is 104 cm³/mol. The summed E-state index contributed by atoms with van der Waals surface area (Å²) in [5.41, 5.74) is 1.40. The molecule has 1 aromatic rings. The third kappa shape index (κ3) is 5.48. The molecule has 0 heterocycles. The van der Waals surface area contributed by atoms with Crippen molar-refractivity contribution >= 4 is 0 Å². The molecule has 0 spiro atoms. The third-order valence-corrected chi connectivity index (χ3v) is 6.32. The first kappa shape index (κ1) is 18.8. The second kappa shape index (κ2) is 9.62. The fourth-order valence-electron chi connectivity index (χ4n) is 4.33. The molecule has 0 aromatic heterocycles. The lowest BCUT2D eigenvalue weighted by atomic mass is 9.90. The average Bonchev–Trinajstić information content (AvgIpc) is 3.20. The first-order chi connectivity index (χ1) is 12.3. The van der Waals surface area contributed by atoms with Crippen molar-refractivity contribution in [1.82, 2.24) is 0 Å². The van der Waals surface area contributed by atoms with E-state index in [9.17, 15) is 0 Å². The van der Waals surface area contributed by atoms with Crippen LogP contribution in [0.25, 0.3) is 0 Å². The number of hydrogen-bond donors (Lipinski definition) is 0. The van der Waals surface area contributed by atoms with Crippen LogP contribution in [-0.4, -0.2) is 12.9 Å². The molecule has 2 saturated carbocycles. The highest BCUT2D eigenvalue weighted by molar-refractivity contribution is 5.29. The van der Waals surface area contributed by atoms with Crippen molar-refractivity contribution in [2.75, 3.05) is 6.61 Å². The Balaban J connectivity index is 1.58. The van der Waals surface area contributed by atoms with Gasteiger partial charge in [-0.2, -0.15) is 0 Å². The monoisotopic (exact) mass is 344 g/mol. The van der Waals surface area contributed by atoms with Crippen LogP contribution in [0, 0.1) is 11.8 Å². The zero-order chi connectivity index (χ0) is 17.5. The summed E-state index contributed by atoms with van der Waals surface area (Å²) in [4.78, 5) is 0. The average molecular weight is 345 g/mol. The molecule has 0 bridgehead atoms. The highest BCUT2D eigenvalue weighted by Crippen LogP contribution is 2.33. The minimum Gasteiger partial charge on any atom is -0.465 e. The molecular weight excluding hydrogens is 308 g/mol. The zero-order valence-electron chi connectivity index (χ0n) is 16.2. The Hall–Kier alpha value is -1.02. The molecule has 25 heavy (non-hydrogen) atoms. The van der Waals surface area contributed by atoms with Gasteiger partial charge in [-0.25, -0.2) is 0 Å². The van der Waals surface area contributed by atoms with Crippen LogP contribution in [0.2, 0.25) is 0 Å². The maximum atomic E-state index is 6.35. The van der Waals surface area contributed by atoms with Gasteiger partial charge in [-0.1, -0.05) is 58.1 Å². The molecule has 2 aliphatic carbocycles. The second-order valence-corrected chi connectivity index (χ2v) is 8.25. The molecule has 2 fully saturated rings. The summed E-state index contributed by atoms with van der Waals surface area (Å²) in [6, 6.07) is 8.70. The van der Waals surface area contributed by atoms with Crippen molar-refractivity contribution < 1.29 is 9.47 Å². The van der Waals surface area contributed by atoms with Gasteiger partial charge in [-0.05, 0) is 61.6 Å². The van der Waals surface area contributed by atoms with E-state index in [0.29, 0.717) is 11.8 Å². The Morgan fingerprint density at radius 2 is 1.56 bits per heavy atom. The molecule has 2 atom stereocenters. The van der Waals surface area contributed by atoms with Gasteiger partial charge in [0.05, 0.1) is 6.61 Å². The van der Waals surface area contributed by atoms with Gasteiger partial charge in [0.25, 0.3) is 0 Å². The Bertz CT molecular complexity index is 483. The van der Waals surface area contributed by atoms with Gasteiger partial charge in [0.2, 0.25) is 6.29 Å². The molecule has 2 unspecified atom stereocenters. The summed E-state index contributed by atoms with van der Waals surface area (Å²) >= 11 is 0. The van der Waals surface area contributed by atoms with E-state index in [2.05, 4.69) is 38.1 Å². The van der Waals surface area contributed by atoms with Crippen LogP contribution in [-0.2, 0) is 4.74 Å². The molecule has 2 heteroatoms. The van der Waals surface area contributed by atoms with E-state index in [1.807, 2.05) is 0 Å². The van der Waals surface area contributed by atoms with Crippen molar-refractivity contribution in [2.45, 2.75) is 90.3 Å². The molecule has 0 aliphatic heterocycles. The van der Waals surface area contributed by atoms with E-state index in [0.717, 1.165) is 18.3 Å². The van der Waals surface area contributed by atoms with Crippen molar-refractivity contribution in [3.63, 3.8) is 0 Å². The van der Waals surface area contributed by atoms with Crippen LogP contribution in [0.5, 0.6) is 5.75 Å². The lowest BCUT2D eigenvalue weighted by Gasteiger charge is -2.28. The number of rotatable bonds is 8. The maximum Gasteiger partial charge on any atom is 0.202 e. The first-order valence-electron chi connectivity index (χ1n) is 10.6. The van der Waals surface area contributed by atoms with Crippen LogP contribution in [0.4, 0.5) is 0 Å². The van der Waals surface area contributed by atoms with Crippen molar-refractivity contribution in [3.05, 3.63) is 29.8 Å². The Kier molecular flexibility index (Phi) is 7.22. The molecule has 3 rings (SSSR count). The fraction of sp³-hybridized carbons (Fsp3) is 0.739. The standard InChI is InChI=1S/C23H36O2/c1-3-18(2)20-13-15-22(16-14-20)25-23(21-11-7-8-12-21)24-17-19-9-5-4-6-10-19/h13-16,18-19,21,23H,3-12,17H2,1-2H3. The summed E-state index contributed by atoms with van der Waals surface area (Å²) in [6.07, 6.45) is 13.1. The Morgan fingerprint density at radius 3 is 2.20 bits per heavy atom.